The van der Waals surface area contributed by atoms with Gasteiger partial charge in [-0.1, -0.05) is 57.8 Å². The first kappa shape index (κ1) is 29.2. The number of carbonyl (C=O) groups excluding carboxylic acids is 2. The Morgan fingerprint density at radius 3 is 2.46 bits per heavy atom. The normalized spacial score (nSPS) is 12.1. The van der Waals surface area contributed by atoms with Gasteiger partial charge in [0.15, 0.2) is 19.3 Å². The van der Waals surface area contributed by atoms with Crippen molar-refractivity contribution in [1.82, 2.24) is 15.3 Å². The molecule has 35 heavy (non-hydrogen) atoms. The zero-order valence-electron chi connectivity index (χ0n) is 21.2. The molecule has 0 atom stereocenters. The minimum atomic E-state index is -1.86. The summed E-state index contributed by atoms with van der Waals surface area (Å²) >= 11 is 11.5. The number of aryl methyl sites for hydroxylation is 1. The number of amides is 3. The number of nitrogens with one attached hydrogen (secondary N) is 2. The maximum Gasteiger partial charge on any atom is 0.326 e. The van der Waals surface area contributed by atoms with Crippen LogP contribution < -0.4 is 10.6 Å². The molecule has 0 fully saturated rings. The lowest BCUT2D eigenvalue weighted by Gasteiger charge is -2.36. The Kier molecular flexibility index (Phi) is 9.81. The lowest BCUT2D eigenvalue weighted by molar-refractivity contribution is 0.0966. The van der Waals surface area contributed by atoms with E-state index in [4.69, 9.17) is 27.6 Å². The first-order valence-electron chi connectivity index (χ1n) is 11.4. The summed E-state index contributed by atoms with van der Waals surface area (Å²) in [6, 6.07) is 1.87. The van der Waals surface area contributed by atoms with Crippen LogP contribution in [0.1, 0.15) is 68.6 Å². The quantitative estimate of drug-likeness (QED) is 0.213. The Bertz CT molecular complexity index is 1090. The van der Waals surface area contributed by atoms with Crippen LogP contribution in [0.5, 0.6) is 0 Å². The molecule has 0 saturated heterocycles. The Hall–Kier alpha value is -2.07. The summed E-state index contributed by atoms with van der Waals surface area (Å²) in [6.07, 6.45) is 3.11. The number of anilines is 1. The molecule has 11 heteroatoms. The minimum Gasteiger partial charge on any atom is -0.417 e. The smallest absolute Gasteiger partial charge is 0.326 e. The molecule has 0 saturated carbocycles. The molecule has 0 unspecified atom stereocenters. The van der Waals surface area contributed by atoms with E-state index < -0.39 is 31.2 Å². The van der Waals surface area contributed by atoms with Gasteiger partial charge in [-0.15, -0.1) is 0 Å². The fourth-order valence-corrected chi connectivity index (χ4v) is 4.53. The SMILES string of the molecule is CC(C)c1nccc(CCCO[Si](C)(C)C(C)(C)C)c1NC(=O)NC(=O)c1cc(F)c(Cl)nc1Cl. The monoisotopic (exact) mass is 542 g/mol. The molecule has 2 heterocycles. The van der Waals surface area contributed by atoms with E-state index in [9.17, 15) is 14.0 Å². The van der Waals surface area contributed by atoms with E-state index in [1.54, 1.807) is 6.20 Å². The third-order valence-electron chi connectivity index (χ3n) is 6.07. The van der Waals surface area contributed by atoms with Crippen LogP contribution in [0, 0.1) is 5.82 Å². The third kappa shape index (κ3) is 7.70. The number of pyridine rings is 2. The predicted molar refractivity (Wildman–Crippen MR) is 140 cm³/mol. The van der Waals surface area contributed by atoms with E-state index in [0.29, 0.717) is 24.4 Å². The lowest BCUT2D eigenvalue weighted by Crippen LogP contribution is -2.41. The summed E-state index contributed by atoms with van der Waals surface area (Å²) in [4.78, 5) is 33.1. The molecule has 2 N–H and O–H groups in total. The summed E-state index contributed by atoms with van der Waals surface area (Å²) in [5, 5.41) is 4.25. The first-order chi connectivity index (χ1) is 16.1. The van der Waals surface area contributed by atoms with Crippen molar-refractivity contribution in [2.45, 2.75) is 71.5 Å². The summed E-state index contributed by atoms with van der Waals surface area (Å²) in [5.41, 5.74) is 1.80. The van der Waals surface area contributed by atoms with E-state index >= 15 is 0 Å². The topological polar surface area (TPSA) is 93.2 Å². The molecule has 0 aliphatic carbocycles. The number of imide groups is 1. The van der Waals surface area contributed by atoms with Gasteiger partial charge in [0.2, 0.25) is 0 Å². The van der Waals surface area contributed by atoms with Crippen LogP contribution in [0.2, 0.25) is 28.4 Å². The number of hydrogen-bond donors (Lipinski definition) is 2. The molecule has 0 aliphatic heterocycles. The van der Waals surface area contributed by atoms with Crippen LogP contribution in [-0.2, 0) is 10.8 Å². The molecule has 0 aromatic carbocycles. The number of carbonyl (C=O) groups is 2. The lowest BCUT2D eigenvalue weighted by atomic mass is 10.0. The Morgan fingerprint density at radius 1 is 1.20 bits per heavy atom. The molecule has 2 aromatic heterocycles. The number of nitrogens with zero attached hydrogens (tertiary/aromatic N) is 2. The first-order valence-corrected chi connectivity index (χ1v) is 15.1. The van der Waals surface area contributed by atoms with Crippen molar-refractivity contribution in [2.24, 2.45) is 0 Å². The van der Waals surface area contributed by atoms with Crippen molar-refractivity contribution in [3.63, 3.8) is 0 Å². The van der Waals surface area contributed by atoms with E-state index in [-0.39, 0.29) is 21.7 Å². The highest BCUT2D eigenvalue weighted by Gasteiger charge is 2.36. The number of rotatable bonds is 8. The Labute approximate surface area is 217 Å². The molecular formula is C24H33Cl2FN4O3Si. The van der Waals surface area contributed by atoms with Gasteiger partial charge in [-0.2, -0.15) is 0 Å². The molecule has 0 radical (unpaired) electrons. The maximum atomic E-state index is 13.7. The van der Waals surface area contributed by atoms with Gasteiger partial charge in [-0.05, 0) is 54.6 Å². The van der Waals surface area contributed by atoms with Crippen molar-refractivity contribution in [3.05, 3.63) is 51.3 Å². The van der Waals surface area contributed by atoms with Crippen LogP contribution in [-0.4, -0.2) is 36.8 Å². The summed E-state index contributed by atoms with van der Waals surface area (Å²) in [6.45, 7) is 15.5. The highest BCUT2D eigenvalue weighted by atomic mass is 35.5. The second-order valence-electron chi connectivity index (χ2n) is 10.1. The van der Waals surface area contributed by atoms with Crippen LogP contribution in [0.25, 0.3) is 0 Å². The van der Waals surface area contributed by atoms with Crippen molar-refractivity contribution in [3.8, 4) is 0 Å². The van der Waals surface area contributed by atoms with Crippen molar-refractivity contribution >= 4 is 49.1 Å². The summed E-state index contributed by atoms with van der Waals surface area (Å²) < 4.78 is 20.0. The summed E-state index contributed by atoms with van der Waals surface area (Å²) in [5.74, 6) is -1.80. The van der Waals surface area contributed by atoms with E-state index in [0.717, 1.165) is 18.1 Å². The van der Waals surface area contributed by atoms with Gasteiger partial charge < -0.3 is 9.74 Å². The number of hydrogen-bond acceptors (Lipinski definition) is 5. The molecule has 7 nitrogen and oxygen atoms in total. The molecule has 2 rings (SSSR count). The Morgan fingerprint density at radius 2 is 1.86 bits per heavy atom. The number of halogens is 3. The maximum absolute atomic E-state index is 13.7. The van der Waals surface area contributed by atoms with Gasteiger partial charge in [0.1, 0.15) is 5.15 Å². The predicted octanol–water partition coefficient (Wildman–Crippen LogP) is 6.96. The number of aromatic nitrogens is 2. The van der Waals surface area contributed by atoms with Crippen LogP contribution in [0.4, 0.5) is 14.9 Å². The molecule has 3 amide bonds. The van der Waals surface area contributed by atoms with Gasteiger partial charge in [0.05, 0.1) is 16.9 Å². The van der Waals surface area contributed by atoms with Gasteiger partial charge in [0.25, 0.3) is 5.91 Å². The second-order valence-corrected chi connectivity index (χ2v) is 15.6. The molecular weight excluding hydrogens is 510 g/mol. The van der Waals surface area contributed by atoms with E-state index in [2.05, 4.69) is 54.5 Å². The third-order valence-corrected chi connectivity index (χ3v) is 11.2. The molecule has 192 valence electrons. The standard InChI is InChI=1S/C24H33Cl2FN4O3Si/c1-14(2)18-19(15(10-11-28-18)9-8-12-34-35(6,7)24(3,4)5)29-23(33)31-22(32)16-13-17(27)21(26)30-20(16)25/h10-11,13-14H,8-9,12H2,1-7H3,(H2,29,31,32,33). The van der Waals surface area contributed by atoms with E-state index in [1.165, 1.54) is 0 Å². The van der Waals surface area contributed by atoms with Crippen LogP contribution in [0.3, 0.4) is 0 Å². The fourth-order valence-electron chi connectivity index (χ4n) is 3.04. The van der Waals surface area contributed by atoms with Crippen molar-refractivity contribution in [1.29, 1.82) is 0 Å². The molecule has 0 aliphatic rings. The molecule has 2 aromatic rings. The zero-order chi connectivity index (χ0) is 26.6. The highest BCUT2D eigenvalue weighted by Crippen LogP contribution is 2.36. The van der Waals surface area contributed by atoms with Crippen LogP contribution >= 0.6 is 23.2 Å². The second kappa shape index (κ2) is 11.8. The van der Waals surface area contributed by atoms with Gasteiger partial charge >= 0.3 is 6.03 Å². The Balaban J connectivity index is 2.15. The fraction of sp³-hybridized carbons (Fsp3) is 0.500. The van der Waals surface area contributed by atoms with Gasteiger partial charge in [-0.25, -0.2) is 14.2 Å². The minimum absolute atomic E-state index is 0.0217. The molecule has 0 spiro atoms. The highest BCUT2D eigenvalue weighted by molar-refractivity contribution is 6.74. The number of urea groups is 1. The van der Waals surface area contributed by atoms with Gasteiger partial charge in [-0.3, -0.25) is 15.1 Å². The average Bonchev–Trinajstić information content (AvgIpc) is 2.73. The summed E-state index contributed by atoms with van der Waals surface area (Å²) in [7, 11) is -1.86. The molecule has 0 bridgehead atoms. The van der Waals surface area contributed by atoms with Crippen molar-refractivity contribution < 1.29 is 18.4 Å². The largest absolute Gasteiger partial charge is 0.417 e. The van der Waals surface area contributed by atoms with Crippen molar-refractivity contribution in [2.75, 3.05) is 11.9 Å². The van der Waals surface area contributed by atoms with Gasteiger partial charge in [0, 0.05) is 12.8 Å². The average molecular weight is 544 g/mol. The van der Waals surface area contributed by atoms with Crippen LogP contribution in [0.15, 0.2) is 18.3 Å². The van der Waals surface area contributed by atoms with E-state index in [1.807, 2.05) is 19.9 Å². The zero-order valence-corrected chi connectivity index (χ0v) is 23.7.